The van der Waals surface area contributed by atoms with E-state index in [0.717, 1.165) is 11.1 Å². The molecule has 0 radical (unpaired) electrons. The van der Waals surface area contributed by atoms with Crippen molar-refractivity contribution in [3.8, 4) is 0 Å². The molecule has 3 rings (SSSR count). The molecule has 6 heteroatoms. The number of halogens is 1. The van der Waals surface area contributed by atoms with Crippen molar-refractivity contribution < 1.29 is 14.3 Å². The molecule has 0 saturated carbocycles. The van der Waals surface area contributed by atoms with E-state index in [9.17, 15) is 9.59 Å². The van der Waals surface area contributed by atoms with Crippen LogP contribution < -0.4 is 5.32 Å². The van der Waals surface area contributed by atoms with E-state index in [1.54, 1.807) is 11.0 Å². The molecule has 0 unspecified atom stereocenters. The van der Waals surface area contributed by atoms with Crippen molar-refractivity contribution in [2.24, 2.45) is 0 Å². The van der Waals surface area contributed by atoms with Gasteiger partial charge in [0.05, 0.1) is 6.61 Å². The monoisotopic (exact) mass is 358 g/mol. The molecular weight excluding hydrogens is 340 g/mol. The average Bonchev–Trinajstić information content (AvgIpc) is 2.63. The minimum absolute atomic E-state index is 0.00112. The van der Waals surface area contributed by atoms with Crippen molar-refractivity contribution in [3.63, 3.8) is 0 Å². The molecule has 1 atom stereocenters. The van der Waals surface area contributed by atoms with Crippen LogP contribution in [0, 0.1) is 0 Å². The lowest BCUT2D eigenvalue weighted by Crippen LogP contribution is -2.55. The Balaban J connectivity index is 1.68. The molecule has 25 heavy (non-hydrogen) atoms. The predicted molar refractivity (Wildman–Crippen MR) is 94.9 cm³/mol. The van der Waals surface area contributed by atoms with Gasteiger partial charge >= 0.3 is 0 Å². The summed E-state index contributed by atoms with van der Waals surface area (Å²) in [7, 11) is 0. The Morgan fingerprint density at radius 2 is 1.88 bits per heavy atom. The fourth-order valence-electron chi connectivity index (χ4n) is 2.74. The summed E-state index contributed by atoms with van der Waals surface area (Å²) >= 11 is 6.11. The first kappa shape index (κ1) is 17.5. The Morgan fingerprint density at radius 1 is 1.16 bits per heavy atom. The maximum atomic E-state index is 12.6. The van der Waals surface area contributed by atoms with Crippen LogP contribution in [0.1, 0.15) is 11.1 Å². The first-order valence-corrected chi connectivity index (χ1v) is 8.45. The topological polar surface area (TPSA) is 58.6 Å². The van der Waals surface area contributed by atoms with E-state index < -0.39 is 6.04 Å². The Kier molecular flexibility index (Phi) is 5.68. The molecule has 1 fully saturated rings. The largest absolute Gasteiger partial charge is 0.369 e. The lowest BCUT2D eigenvalue weighted by atomic mass is 10.1. The highest BCUT2D eigenvalue weighted by Crippen LogP contribution is 2.16. The van der Waals surface area contributed by atoms with Gasteiger partial charge in [0.2, 0.25) is 11.8 Å². The Labute approximate surface area is 151 Å². The Morgan fingerprint density at radius 3 is 2.64 bits per heavy atom. The smallest absolute Gasteiger partial charge is 0.249 e. The molecule has 0 bridgehead atoms. The zero-order valence-corrected chi connectivity index (χ0v) is 14.4. The Bertz CT molecular complexity index is 751. The summed E-state index contributed by atoms with van der Waals surface area (Å²) in [5.74, 6) is -0.433. The number of hydrogen-bond donors (Lipinski definition) is 1. The lowest BCUT2D eigenvalue weighted by Gasteiger charge is -2.34. The van der Waals surface area contributed by atoms with E-state index in [-0.39, 0.29) is 25.0 Å². The van der Waals surface area contributed by atoms with E-state index in [2.05, 4.69) is 5.32 Å². The molecular formula is C19H19ClN2O3. The number of carbonyl (C=O) groups excluding carboxylic acids is 2. The third kappa shape index (κ3) is 4.38. The van der Waals surface area contributed by atoms with Gasteiger partial charge in [-0.25, -0.2) is 0 Å². The van der Waals surface area contributed by atoms with Crippen molar-refractivity contribution in [2.45, 2.75) is 19.1 Å². The van der Waals surface area contributed by atoms with Crippen LogP contribution in [0.2, 0.25) is 5.02 Å². The van der Waals surface area contributed by atoms with E-state index in [4.69, 9.17) is 16.3 Å². The third-order valence-corrected chi connectivity index (χ3v) is 4.48. The van der Waals surface area contributed by atoms with Gasteiger partial charge in [-0.2, -0.15) is 0 Å². The molecule has 2 aromatic rings. The first-order chi connectivity index (χ1) is 12.1. The van der Waals surface area contributed by atoms with Crippen molar-refractivity contribution in [1.82, 2.24) is 10.2 Å². The fourth-order valence-corrected chi connectivity index (χ4v) is 2.94. The number of hydrogen-bond acceptors (Lipinski definition) is 3. The van der Waals surface area contributed by atoms with Gasteiger partial charge in [0, 0.05) is 18.1 Å². The van der Waals surface area contributed by atoms with Gasteiger partial charge in [-0.05, 0) is 17.2 Å². The molecule has 2 aromatic carbocycles. The minimum atomic E-state index is -0.649. The van der Waals surface area contributed by atoms with Gasteiger partial charge in [0.15, 0.2) is 0 Å². The predicted octanol–water partition coefficient (Wildman–Crippen LogP) is 2.38. The van der Waals surface area contributed by atoms with Crippen molar-refractivity contribution in [2.75, 3.05) is 13.2 Å². The van der Waals surface area contributed by atoms with Crippen LogP contribution in [0.3, 0.4) is 0 Å². The second-order valence-corrected chi connectivity index (χ2v) is 6.25. The second-order valence-electron chi connectivity index (χ2n) is 5.85. The summed E-state index contributed by atoms with van der Waals surface area (Å²) in [6.07, 6.45) is 0. The maximum Gasteiger partial charge on any atom is 0.249 e. The molecule has 0 aromatic heterocycles. The number of amides is 2. The maximum absolute atomic E-state index is 12.6. The van der Waals surface area contributed by atoms with E-state index in [0.29, 0.717) is 18.1 Å². The highest BCUT2D eigenvalue weighted by atomic mass is 35.5. The van der Waals surface area contributed by atoms with E-state index in [1.807, 2.05) is 48.5 Å². The van der Waals surface area contributed by atoms with Gasteiger partial charge in [-0.1, -0.05) is 60.1 Å². The molecule has 1 heterocycles. The summed E-state index contributed by atoms with van der Waals surface area (Å²) in [6.45, 7) is 0.879. The van der Waals surface area contributed by atoms with Gasteiger partial charge in [0.25, 0.3) is 0 Å². The molecule has 0 aliphatic carbocycles. The summed E-state index contributed by atoms with van der Waals surface area (Å²) in [5, 5.41) is 3.45. The number of nitrogens with one attached hydrogen (secondary N) is 1. The van der Waals surface area contributed by atoms with Crippen molar-refractivity contribution >= 4 is 23.4 Å². The quantitative estimate of drug-likeness (QED) is 0.892. The number of rotatable bonds is 5. The lowest BCUT2D eigenvalue weighted by molar-refractivity contribution is -0.155. The molecule has 0 spiro atoms. The van der Waals surface area contributed by atoms with Crippen molar-refractivity contribution in [1.29, 1.82) is 0 Å². The van der Waals surface area contributed by atoms with E-state index in [1.165, 1.54) is 0 Å². The minimum Gasteiger partial charge on any atom is -0.369 e. The van der Waals surface area contributed by atoms with Gasteiger partial charge in [0.1, 0.15) is 12.6 Å². The second kappa shape index (κ2) is 8.14. The van der Waals surface area contributed by atoms with Crippen LogP contribution in [-0.2, 0) is 27.4 Å². The molecule has 1 saturated heterocycles. The number of carbonyl (C=O) groups is 2. The van der Waals surface area contributed by atoms with E-state index >= 15 is 0 Å². The van der Waals surface area contributed by atoms with Crippen LogP contribution in [0.5, 0.6) is 0 Å². The van der Waals surface area contributed by atoms with Crippen LogP contribution in [0.4, 0.5) is 0 Å². The first-order valence-electron chi connectivity index (χ1n) is 8.07. The summed E-state index contributed by atoms with van der Waals surface area (Å²) in [4.78, 5) is 26.4. The van der Waals surface area contributed by atoms with Gasteiger partial charge in [-0.3, -0.25) is 9.59 Å². The van der Waals surface area contributed by atoms with Crippen LogP contribution in [0.25, 0.3) is 0 Å². The molecule has 5 nitrogen and oxygen atoms in total. The SMILES string of the molecule is O=C(NCc1ccccc1Cl)[C@@H]1COCC(=O)N1Cc1ccccc1. The number of morpholine rings is 1. The normalized spacial score (nSPS) is 17.4. The summed E-state index contributed by atoms with van der Waals surface area (Å²) < 4.78 is 5.28. The standard InChI is InChI=1S/C19H19ClN2O3/c20-16-9-5-4-8-15(16)10-21-19(24)17-12-25-13-18(23)22(17)11-14-6-2-1-3-7-14/h1-9,17H,10-13H2,(H,21,24)/t17-/m0/s1. The molecule has 1 aliphatic rings. The van der Waals surface area contributed by atoms with Crippen LogP contribution in [-0.4, -0.2) is 36.0 Å². The molecule has 1 N–H and O–H groups in total. The zero-order chi connectivity index (χ0) is 17.6. The highest BCUT2D eigenvalue weighted by Gasteiger charge is 2.33. The average molecular weight is 359 g/mol. The zero-order valence-electron chi connectivity index (χ0n) is 13.7. The van der Waals surface area contributed by atoms with Crippen LogP contribution in [0.15, 0.2) is 54.6 Å². The van der Waals surface area contributed by atoms with Gasteiger partial charge < -0.3 is 15.0 Å². The fraction of sp³-hybridized carbons (Fsp3) is 0.263. The number of benzene rings is 2. The number of nitrogens with zero attached hydrogens (tertiary/aromatic N) is 1. The summed E-state index contributed by atoms with van der Waals surface area (Å²) in [6, 6.07) is 16.3. The van der Waals surface area contributed by atoms with Crippen molar-refractivity contribution in [3.05, 3.63) is 70.7 Å². The third-order valence-electron chi connectivity index (χ3n) is 4.11. The van der Waals surface area contributed by atoms with Gasteiger partial charge in [-0.15, -0.1) is 0 Å². The van der Waals surface area contributed by atoms with Crippen LogP contribution >= 0.6 is 11.6 Å². The molecule has 1 aliphatic heterocycles. The summed E-state index contributed by atoms with van der Waals surface area (Å²) in [5.41, 5.74) is 1.80. The molecule has 130 valence electrons. The number of ether oxygens (including phenoxy) is 1. The highest BCUT2D eigenvalue weighted by molar-refractivity contribution is 6.31. The molecule has 2 amide bonds. The Hall–Kier alpha value is -2.37.